The molecule has 2 aromatic heterocycles. The van der Waals surface area contributed by atoms with Gasteiger partial charge in [0.25, 0.3) is 5.91 Å². The number of aryl methyl sites for hydroxylation is 1. The molecule has 0 fully saturated rings. The van der Waals surface area contributed by atoms with Crippen molar-refractivity contribution >= 4 is 29.3 Å². The molecule has 0 spiro atoms. The van der Waals surface area contributed by atoms with Crippen molar-refractivity contribution in [2.24, 2.45) is 7.05 Å². The Morgan fingerprint density at radius 3 is 2.65 bits per heavy atom. The van der Waals surface area contributed by atoms with Crippen LogP contribution in [0.5, 0.6) is 0 Å². The Hall–Kier alpha value is -3.20. The highest BCUT2D eigenvalue weighted by molar-refractivity contribution is 7.99. The molecule has 3 aromatic rings. The van der Waals surface area contributed by atoms with Gasteiger partial charge in [-0.05, 0) is 57.5 Å². The van der Waals surface area contributed by atoms with Crippen LogP contribution in [0, 0.1) is 0 Å². The summed E-state index contributed by atoms with van der Waals surface area (Å²) in [5, 5.41) is 11.7. The van der Waals surface area contributed by atoms with Crippen molar-refractivity contribution in [2.45, 2.75) is 43.7 Å². The van der Waals surface area contributed by atoms with Gasteiger partial charge in [0, 0.05) is 24.2 Å². The second-order valence-electron chi connectivity index (χ2n) is 8.00. The summed E-state index contributed by atoms with van der Waals surface area (Å²) >= 11 is 1.58. The Bertz CT molecular complexity index is 1090. The molecule has 1 atom stereocenters. The van der Waals surface area contributed by atoms with Crippen LogP contribution in [0.2, 0.25) is 0 Å². The highest BCUT2D eigenvalue weighted by atomic mass is 32.2. The summed E-state index contributed by atoms with van der Waals surface area (Å²) < 4.78 is 7.22. The molecule has 0 unspecified atom stereocenters. The monoisotopic (exact) mass is 439 g/mol. The van der Waals surface area contributed by atoms with Gasteiger partial charge in [-0.25, -0.2) is 4.79 Å². The molecule has 0 saturated carbocycles. The Morgan fingerprint density at radius 1 is 1.19 bits per heavy atom. The van der Waals surface area contributed by atoms with Crippen molar-refractivity contribution in [1.29, 1.82) is 0 Å². The number of nitrogens with zero attached hydrogens (tertiary/aromatic N) is 4. The predicted octanol–water partition coefficient (Wildman–Crippen LogP) is 4.27. The number of pyridine rings is 1. The maximum absolute atomic E-state index is 12.7. The number of esters is 1. The number of aromatic nitrogens is 4. The van der Waals surface area contributed by atoms with E-state index in [0.29, 0.717) is 5.69 Å². The van der Waals surface area contributed by atoms with E-state index in [9.17, 15) is 9.59 Å². The molecule has 0 aliphatic rings. The van der Waals surface area contributed by atoms with Crippen LogP contribution in [0.1, 0.15) is 59.4 Å². The van der Waals surface area contributed by atoms with Crippen LogP contribution in [-0.2, 0) is 11.8 Å². The molecule has 9 heteroatoms. The van der Waals surface area contributed by atoms with E-state index >= 15 is 0 Å². The average molecular weight is 440 g/mol. The van der Waals surface area contributed by atoms with E-state index in [4.69, 9.17) is 4.74 Å². The number of rotatable bonds is 6. The van der Waals surface area contributed by atoms with Crippen molar-refractivity contribution < 1.29 is 14.3 Å². The van der Waals surface area contributed by atoms with E-state index in [1.165, 1.54) is 18.3 Å². The summed E-state index contributed by atoms with van der Waals surface area (Å²) in [4.78, 5) is 29.1. The molecule has 0 aliphatic heterocycles. The Morgan fingerprint density at radius 2 is 1.97 bits per heavy atom. The molecule has 1 amide bonds. The number of benzene rings is 1. The maximum atomic E-state index is 12.7. The van der Waals surface area contributed by atoms with Crippen molar-refractivity contribution in [3.63, 3.8) is 0 Å². The van der Waals surface area contributed by atoms with Gasteiger partial charge in [0.15, 0.2) is 5.16 Å². The lowest BCUT2D eigenvalue weighted by Crippen LogP contribution is -2.24. The summed E-state index contributed by atoms with van der Waals surface area (Å²) in [5.74, 6) is -0.906. The van der Waals surface area contributed by atoms with Crippen LogP contribution >= 0.6 is 11.8 Å². The van der Waals surface area contributed by atoms with Crippen LogP contribution in [0.3, 0.4) is 0 Å². The largest absolute Gasteiger partial charge is 0.456 e. The van der Waals surface area contributed by atoms with Crippen LogP contribution in [0.15, 0.2) is 54.1 Å². The first-order valence-electron chi connectivity index (χ1n) is 9.74. The lowest BCUT2D eigenvalue weighted by atomic mass is 10.1. The first kappa shape index (κ1) is 22.5. The fraction of sp³-hybridized carbons (Fsp3) is 0.318. The average Bonchev–Trinajstić information content (AvgIpc) is 3.11. The minimum absolute atomic E-state index is 0.105. The Kier molecular flexibility index (Phi) is 6.74. The highest BCUT2D eigenvalue weighted by Crippen LogP contribution is 2.34. The second kappa shape index (κ2) is 9.30. The van der Waals surface area contributed by atoms with Gasteiger partial charge in [0.05, 0.1) is 5.56 Å². The van der Waals surface area contributed by atoms with Gasteiger partial charge in [-0.3, -0.25) is 9.78 Å². The van der Waals surface area contributed by atoms with Crippen molar-refractivity contribution in [2.75, 3.05) is 5.32 Å². The third-order valence-corrected chi connectivity index (χ3v) is 5.40. The zero-order valence-corrected chi connectivity index (χ0v) is 18.9. The van der Waals surface area contributed by atoms with Gasteiger partial charge in [-0.2, -0.15) is 0 Å². The van der Waals surface area contributed by atoms with Crippen molar-refractivity contribution in [3.8, 4) is 0 Å². The second-order valence-corrected chi connectivity index (χ2v) is 9.30. The predicted molar refractivity (Wildman–Crippen MR) is 119 cm³/mol. The molecular formula is C22H25N5O3S. The van der Waals surface area contributed by atoms with Crippen LogP contribution in [-0.4, -0.2) is 37.2 Å². The quantitative estimate of drug-likeness (QED) is 0.452. The minimum atomic E-state index is -0.622. The first-order valence-corrected chi connectivity index (χ1v) is 10.6. The molecule has 2 heterocycles. The maximum Gasteiger partial charge on any atom is 0.338 e. The number of carbonyl (C=O) groups excluding carboxylic acids is 2. The van der Waals surface area contributed by atoms with Gasteiger partial charge in [0.1, 0.15) is 17.6 Å². The van der Waals surface area contributed by atoms with Crippen LogP contribution in [0.4, 0.5) is 5.69 Å². The van der Waals surface area contributed by atoms with Crippen LogP contribution < -0.4 is 5.32 Å². The fourth-order valence-corrected chi connectivity index (χ4v) is 3.60. The summed E-state index contributed by atoms with van der Waals surface area (Å²) in [6.45, 7) is 7.43. The molecule has 0 saturated heterocycles. The number of nitrogens with one attached hydrogen (secondary N) is 1. The van der Waals surface area contributed by atoms with Gasteiger partial charge in [-0.15, -0.1) is 10.2 Å². The zero-order valence-electron chi connectivity index (χ0n) is 18.1. The van der Waals surface area contributed by atoms with Gasteiger partial charge in [-0.1, -0.05) is 23.9 Å². The van der Waals surface area contributed by atoms with E-state index in [-0.39, 0.29) is 16.5 Å². The lowest BCUT2D eigenvalue weighted by Gasteiger charge is -2.19. The third kappa shape index (κ3) is 6.14. The topological polar surface area (TPSA) is 99.0 Å². The molecule has 3 rings (SSSR count). The highest BCUT2D eigenvalue weighted by Gasteiger charge is 2.19. The summed E-state index contributed by atoms with van der Waals surface area (Å²) in [6.07, 6.45) is 3.08. The zero-order chi connectivity index (χ0) is 22.6. The summed E-state index contributed by atoms with van der Waals surface area (Å²) in [5.41, 5.74) is 1.45. The third-order valence-electron chi connectivity index (χ3n) is 4.19. The number of thioether (sulfide) groups is 1. The molecule has 8 nitrogen and oxygen atoms in total. The molecule has 0 aliphatic carbocycles. The molecule has 31 heavy (non-hydrogen) atoms. The Labute approximate surface area is 185 Å². The van der Waals surface area contributed by atoms with Crippen molar-refractivity contribution in [3.05, 3.63) is 65.7 Å². The fourth-order valence-electron chi connectivity index (χ4n) is 2.69. The van der Waals surface area contributed by atoms with Crippen molar-refractivity contribution in [1.82, 2.24) is 19.7 Å². The normalized spacial score (nSPS) is 12.3. The Balaban J connectivity index is 1.71. The van der Waals surface area contributed by atoms with E-state index in [1.54, 1.807) is 44.9 Å². The lowest BCUT2D eigenvalue weighted by molar-refractivity contribution is 0.00693. The molecular weight excluding hydrogens is 414 g/mol. The standard InChI is InChI=1S/C22H25N5O3S/c1-14(31-21-26-24-13-27(21)5)15-7-6-8-17(11-15)25-19(28)18-12-16(9-10-23-18)20(29)30-22(2,3)4/h6-14H,1-5H3,(H,25,28)/t14-/m0/s1. The van der Waals surface area contributed by atoms with E-state index in [0.717, 1.165) is 10.7 Å². The molecule has 0 radical (unpaired) electrons. The summed E-state index contributed by atoms with van der Waals surface area (Å²) in [7, 11) is 1.89. The number of ether oxygens (including phenoxy) is 1. The first-order chi connectivity index (χ1) is 14.6. The van der Waals surface area contributed by atoms with E-state index < -0.39 is 17.5 Å². The number of hydrogen-bond acceptors (Lipinski definition) is 7. The number of carbonyl (C=O) groups is 2. The van der Waals surface area contributed by atoms with Crippen LogP contribution in [0.25, 0.3) is 0 Å². The van der Waals surface area contributed by atoms with E-state index in [1.807, 2.05) is 29.8 Å². The smallest absolute Gasteiger partial charge is 0.338 e. The molecule has 0 bridgehead atoms. The SMILES string of the molecule is C[C@H](Sc1nncn1C)c1cccc(NC(=O)c2cc(C(=O)OC(C)(C)C)ccn2)c1. The minimum Gasteiger partial charge on any atom is -0.456 e. The molecule has 1 aromatic carbocycles. The van der Waals surface area contributed by atoms with E-state index in [2.05, 4.69) is 27.4 Å². The van der Waals surface area contributed by atoms with Gasteiger partial charge < -0.3 is 14.6 Å². The molecule has 162 valence electrons. The molecule has 1 N–H and O–H groups in total. The number of hydrogen-bond donors (Lipinski definition) is 1. The summed E-state index contributed by atoms with van der Waals surface area (Å²) in [6, 6.07) is 10.5. The number of amides is 1. The van der Waals surface area contributed by atoms with Gasteiger partial charge >= 0.3 is 5.97 Å². The van der Waals surface area contributed by atoms with Gasteiger partial charge in [0.2, 0.25) is 0 Å². The number of anilines is 1.